The van der Waals surface area contributed by atoms with Crippen molar-refractivity contribution in [2.75, 3.05) is 0 Å². The van der Waals surface area contributed by atoms with Crippen molar-refractivity contribution in [3.8, 4) is 0 Å². The van der Waals surface area contributed by atoms with Gasteiger partial charge in [-0.1, -0.05) is 11.6 Å². The smallest absolute Gasteiger partial charge is 0.185 e. The van der Waals surface area contributed by atoms with Gasteiger partial charge in [-0.05, 0) is 36.4 Å². The molecule has 1 heterocycles. The van der Waals surface area contributed by atoms with E-state index in [9.17, 15) is 13.6 Å². The van der Waals surface area contributed by atoms with Crippen LogP contribution in [0.2, 0.25) is 5.02 Å². The van der Waals surface area contributed by atoms with E-state index >= 15 is 0 Å². The molecule has 0 radical (unpaired) electrons. The van der Waals surface area contributed by atoms with Crippen molar-refractivity contribution >= 4 is 28.3 Å². The molecule has 5 heteroatoms. The topological polar surface area (TPSA) is 22.0 Å². The van der Waals surface area contributed by atoms with Gasteiger partial charge in [-0.3, -0.25) is 4.79 Å². The number of hydrogen-bond acceptors (Lipinski definition) is 1. The quantitative estimate of drug-likeness (QED) is 0.655. The second-order valence-electron chi connectivity index (χ2n) is 4.69. The zero-order chi connectivity index (χ0) is 15.0. The lowest BCUT2D eigenvalue weighted by molar-refractivity contribution is 0.0969. The first-order chi connectivity index (χ1) is 10.0. The van der Waals surface area contributed by atoms with Crippen molar-refractivity contribution in [2.45, 2.75) is 6.54 Å². The minimum atomic E-state index is -0.848. The highest BCUT2D eigenvalue weighted by atomic mass is 35.5. The molecule has 0 aliphatic carbocycles. The Bertz CT molecular complexity index is 841. The molecular formula is C16H10ClF2NO. The molecule has 21 heavy (non-hydrogen) atoms. The summed E-state index contributed by atoms with van der Waals surface area (Å²) in [5, 5.41) is 1.51. The van der Waals surface area contributed by atoms with Gasteiger partial charge in [0.25, 0.3) is 0 Å². The number of nitrogens with zero attached hydrogens (tertiary/aromatic N) is 1. The molecule has 0 aliphatic rings. The van der Waals surface area contributed by atoms with Crippen molar-refractivity contribution in [3.05, 3.63) is 70.9 Å². The van der Waals surface area contributed by atoms with Gasteiger partial charge in [-0.15, -0.1) is 0 Å². The predicted molar refractivity (Wildman–Crippen MR) is 77.6 cm³/mol. The Morgan fingerprint density at radius 1 is 1.10 bits per heavy atom. The summed E-state index contributed by atoms with van der Waals surface area (Å²) in [4.78, 5) is 12.1. The molecule has 1 aromatic heterocycles. The van der Waals surface area contributed by atoms with Crippen LogP contribution in [-0.4, -0.2) is 10.4 Å². The van der Waals surface area contributed by atoms with E-state index in [0.29, 0.717) is 11.1 Å². The van der Waals surface area contributed by atoms with E-state index in [4.69, 9.17) is 11.6 Å². The van der Waals surface area contributed by atoms with Crippen LogP contribution in [0.15, 0.2) is 48.7 Å². The molecule has 0 aliphatic heterocycles. The summed E-state index contributed by atoms with van der Waals surface area (Å²) in [5.41, 5.74) is 0.711. The van der Waals surface area contributed by atoms with Crippen LogP contribution in [0.5, 0.6) is 0 Å². The van der Waals surface area contributed by atoms with Crippen molar-refractivity contribution < 1.29 is 13.6 Å². The zero-order valence-electron chi connectivity index (χ0n) is 10.8. The molecule has 0 saturated carbocycles. The molecule has 2 nitrogen and oxygen atoms in total. The minimum Gasteiger partial charge on any atom is -0.340 e. The minimum absolute atomic E-state index is 0.0202. The Balaban J connectivity index is 1.93. The molecule has 0 atom stereocenters. The summed E-state index contributed by atoms with van der Waals surface area (Å²) >= 11 is 5.90. The molecule has 3 rings (SSSR count). The maximum Gasteiger partial charge on any atom is 0.185 e. The third-order valence-electron chi connectivity index (χ3n) is 3.28. The number of carbonyl (C=O) groups excluding carboxylic acids is 1. The lowest BCUT2D eigenvalue weighted by atomic mass is 10.1. The first-order valence-electron chi connectivity index (χ1n) is 6.27. The summed E-state index contributed by atoms with van der Waals surface area (Å²) in [6, 6.07) is 10.1. The van der Waals surface area contributed by atoms with Crippen LogP contribution in [0.25, 0.3) is 10.9 Å². The van der Waals surface area contributed by atoms with Crippen LogP contribution in [0, 0.1) is 11.6 Å². The third kappa shape index (κ3) is 2.67. The summed E-state index contributed by atoms with van der Waals surface area (Å²) in [7, 11) is 0. The number of rotatable bonds is 3. The standard InChI is InChI=1S/C16H10ClF2NO/c17-11-1-4-15-10(7-11)5-6-20(15)9-16(21)13-3-2-12(18)8-14(13)19/h1-8H,9H2. The maximum absolute atomic E-state index is 13.6. The predicted octanol–water partition coefficient (Wildman–Crippen LogP) is 4.46. The second kappa shape index (κ2) is 5.30. The van der Waals surface area contributed by atoms with E-state index in [0.717, 1.165) is 23.0 Å². The number of Topliss-reactive ketones (excluding diaryl/α,β-unsaturated/α-hetero) is 1. The number of carbonyl (C=O) groups is 1. The van der Waals surface area contributed by atoms with Crippen LogP contribution in [0.4, 0.5) is 8.78 Å². The molecule has 106 valence electrons. The Labute approximate surface area is 124 Å². The average molecular weight is 306 g/mol. The number of hydrogen-bond donors (Lipinski definition) is 0. The van der Waals surface area contributed by atoms with Gasteiger partial charge in [-0.2, -0.15) is 0 Å². The summed E-state index contributed by atoms with van der Waals surface area (Å²) < 4.78 is 28.2. The Morgan fingerprint density at radius 2 is 1.90 bits per heavy atom. The molecule has 2 aromatic carbocycles. The van der Waals surface area contributed by atoms with Crippen molar-refractivity contribution in [1.82, 2.24) is 4.57 Å². The van der Waals surface area contributed by atoms with Gasteiger partial charge in [0.2, 0.25) is 0 Å². The lowest BCUT2D eigenvalue weighted by Crippen LogP contribution is -2.11. The molecule has 3 aromatic rings. The highest BCUT2D eigenvalue weighted by molar-refractivity contribution is 6.31. The normalized spacial score (nSPS) is 11.0. The van der Waals surface area contributed by atoms with Crippen molar-refractivity contribution in [2.24, 2.45) is 0 Å². The molecule has 0 saturated heterocycles. The lowest BCUT2D eigenvalue weighted by Gasteiger charge is -2.06. The first-order valence-corrected chi connectivity index (χ1v) is 6.65. The van der Waals surface area contributed by atoms with Crippen LogP contribution in [0.3, 0.4) is 0 Å². The highest BCUT2D eigenvalue weighted by Gasteiger charge is 2.14. The van der Waals surface area contributed by atoms with Crippen molar-refractivity contribution in [1.29, 1.82) is 0 Å². The molecule has 0 N–H and O–H groups in total. The molecular weight excluding hydrogens is 296 g/mol. The Hall–Kier alpha value is -2.20. The van der Waals surface area contributed by atoms with Gasteiger partial charge in [0.1, 0.15) is 11.6 Å². The molecule has 0 amide bonds. The van der Waals surface area contributed by atoms with Gasteiger partial charge in [0.15, 0.2) is 5.78 Å². The SMILES string of the molecule is O=C(Cn1ccc2cc(Cl)ccc21)c1ccc(F)cc1F. The van der Waals surface area contributed by atoms with Crippen LogP contribution < -0.4 is 0 Å². The van der Waals surface area contributed by atoms with Crippen LogP contribution >= 0.6 is 11.6 Å². The van der Waals surface area contributed by atoms with Gasteiger partial charge in [0.05, 0.1) is 12.1 Å². The number of benzene rings is 2. The van der Waals surface area contributed by atoms with E-state index in [2.05, 4.69) is 0 Å². The van der Waals surface area contributed by atoms with Gasteiger partial charge in [-0.25, -0.2) is 8.78 Å². The van der Waals surface area contributed by atoms with Gasteiger partial charge < -0.3 is 4.57 Å². The second-order valence-corrected chi connectivity index (χ2v) is 5.13. The molecule has 0 fully saturated rings. The fraction of sp³-hybridized carbons (Fsp3) is 0.0625. The first kappa shape index (κ1) is 13.8. The average Bonchev–Trinajstić information content (AvgIpc) is 2.80. The van der Waals surface area contributed by atoms with E-state index in [-0.39, 0.29) is 12.1 Å². The summed E-state index contributed by atoms with van der Waals surface area (Å²) in [5.74, 6) is -1.97. The Kier molecular flexibility index (Phi) is 3.47. The summed E-state index contributed by atoms with van der Waals surface area (Å²) in [6.07, 6.45) is 1.74. The molecule has 0 unspecified atom stereocenters. The van der Waals surface area contributed by atoms with E-state index in [1.165, 1.54) is 0 Å². The largest absolute Gasteiger partial charge is 0.340 e. The van der Waals surface area contributed by atoms with E-state index in [1.807, 2.05) is 6.07 Å². The summed E-state index contributed by atoms with van der Waals surface area (Å²) in [6.45, 7) is -0.0202. The maximum atomic E-state index is 13.6. The monoisotopic (exact) mass is 305 g/mol. The number of fused-ring (bicyclic) bond motifs is 1. The van der Waals surface area contributed by atoms with E-state index in [1.54, 1.807) is 29.0 Å². The van der Waals surface area contributed by atoms with E-state index < -0.39 is 17.4 Å². The van der Waals surface area contributed by atoms with Crippen LogP contribution in [0.1, 0.15) is 10.4 Å². The van der Waals surface area contributed by atoms with Crippen LogP contribution in [-0.2, 0) is 6.54 Å². The highest BCUT2D eigenvalue weighted by Crippen LogP contribution is 2.21. The fourth-order valence-corrected chi connectivity index (χ4v) is 2.44. The number of ketones is 1. The molecule has 0 spiro atoms. The number of halogens is 3. The Morgan fingerprint density at radius 3 is 2.67 bits per heavy atom. The molecule has 0 bridgehead atoms. The number of aromatic nitrogens is 1. The third-order valence-corrected chi connectivity index (χ3v) is 3.51. The zero-order valence-corrected chi connectivity index (χ0v) is 11.6. The van der Waals surface area contributed by atoms with Gasteiger partial charge in [0, 0.05) is 28.2 Å². The van der Waals surface area contributed by atoms with Crippen molar-refractivity contribution in [3.63, 3.8) is 0 Å². The fourth-order valence-electron chi connectivity index (χ4n) is 2.26. The van der Waals surface area contributed by atoms with Gasteiger partial charge >= 0.3 is 0 Å².